The quantitative estimate of drug-likeness (QED) is 0.0272. The van der Waals surface area contributed by atoms with Crippen molar-refractivity contribution in [1.29, 1.82) is 0 Å². The van der Waals surface area contributed by atoms with Gasteiger partial charge in [0.2, 0.25) is 5.91 Å². The lowest BCUT2D eigenvalue weighted by Crippen LogP contribution is -2.45. The predicted octanol–water partition coefficient (Wildman–Crippen LogP) is 16.3. The zero-order chi connectivity index (χ0) is 51.3. The Labute approximate surface area is 431 Å². The van der Waals surface area contributed by atoms with Crippen molar-refractivity contribution in [2.24, 2.45) is 0 Å². The second-order valence-electron chi connectivity index (χ2n) is 19.5. The topological polar surface area (TPSA) is 108 Å². The van der Waals surface area contributed by atoms with Gasteiger partial charge in [-0.25, -0.2) is 0 Å². The summed E-state index contributed by atoms with van der Waals surface area (Å²) >= 11 is 0. The zero-order valence-corrected chi connectivity index (χ0v) is 46.3. The molecule has 1 amide bonds. The average Bonchev–Trinajstić information content (AvgIpc) is 3.32. The molecule has 3 atom stereocenters. The zero-order valence-electron chi connectivity index (χ0n) is 45.4. The highest BCUT2D eigenvalue weighted by molar-refractivity contribution is 7.45. The predicted molar refractivity (Wildman–Crippen MR) is 302 cm³/mol. The second-order valence-corrected chi connectivity index (χ2v) is 20.9. The summed E-state index contributed by atoms with van der Waals surface area (Å²) in [5, 5.41) is 13.8. The molecule has 0 aromatic rings. The number of hydrogen-bond donors (Lipinski definition) is 2. The number of allylic oxidation sites excluding steroid dienone is 19. The number of rotatable bonds is 49. The van der Waals surface area contributed by atoms with Crippen molar-refractivity contribution in [3.05, 3.63) is 122 Å². The van der Waals surface area contributed by atoms with Crippen molar-refractivity contribution in [3.8, 4) is 0 Å². The maximum absolute atomic E-state index is 12.9. The fourth-order valence-corrected chi connectivity index (χ4v) is 8.00. The van der Waals surface area contributed by atoms with E-state index in [1.54, 1.807) is 6.08 Å². The van der Waals surface area contributed by atoms with Crippen LogP contribution in [0.1, 0.15) is 206 Å². The van der Waals surface area contributed by atoms with Gasteiger partial charge in [-0.2, -0.15) is 0 Å². The lowest BCUT2D eigenvalue weighted by Gasteiger charge is -2.29. The third-order valence-electron chi connectivity index (χ3n) is 11.6. The third kappa shape index (κ3) is 52.7. The summed E-state index contributed by atoms with van der Waals surface area (Å²) in [5.74, 6) is -0.235. The van der Waals surface area contributed by atoms with Crippen molar-refractivity contribution >= 4 is 13.7 Å². The van der Waals surface area contributed by atoms with Crippen LogP contribution in [0.25, 0.3) is 0 Å². The second kappa shape index (κ2) is 50.8. The molecule has 8 nitrogen and oxygen atoms in total. The van der Waals surface area contributed by atoms with Crippen molar-refractivity contribution in [1.82, 2.24) is 5.32 Å². The van der Waals surface area contributed by atoms with E-state index in [2.05, 4.69) is 129 Å². The largest absolute Gasteiger partial charge is 0.756 e. The van der Waals surface area contributed by atoms with E-state index in [1.807, 2.05) is 27.2 Å². The molecule has 0 heterocycles. The highest BCUT2D eigenvalue weighted by atomic mass is 31.2. The van der Waals surface area contributed by atoms with Gasteiger partial charge in [-0.05, 0) is 103 Å². The molecule has 0 saturated heterocycles. The normalized spacial score (nSPS) is 14.9. The van der Waals surface area contributed by atoms with Crippen LogP contribution in [0.15, 0.2) is 122 Å². The third-order valence-corrected chi connectivity index (χ3v) is 12.6. The average molecular weight is 993 g/mol. The van der Waals surface area contributed by atoms with E-state index in [0.717, 1.165) is 109 Å². The number of nitrogens with one attached hydrogen (secondary N) is 1. The van der Waals surface area contributed by atoms with Crippen LogP contribution in [0, 0.1) is 0 Å². The Morgan fingerprint density at radius 2 is 0.886 bits per heavy atom. The Kier molecular flexibility index (Phi) is 48.6. The number of quaternary nitrogens is 1. The summed E-state index contributed by atoms with van der Waals surface area (Å²) in [5.41, 5.74) is 0. The number of aliphatic hydroxyl groups excluding tert-OH is 1. The lowest BCUT2D eigenvalue weighted by molar-refractivity contribution is -0.870. The van der Waals surface area contributed by atoms with Crippen molar-refractivity contribution in [3.63, 3.8) is 0 Å². The first kappa shape index (κ1) is 66.9. The molecule has 9 heteroatoms. The van der Waals surface area contributed by atoms with Gasteiger partial charge in [0.15, 0.2) is 0 Å². The molecule has 0 aliphatic heterocycles. The minimum Gasteiger partial charge on any atom is -0.756 e. The van der Waals surface area contributed by atoms with Crippen LogP contribution in [0.2, 0.25) is 0 Å². The smallest absolute Gasteiger partial charge is 0.268 e. The van der Waals surface area contributed by atoms with Crippen LogP contribution >= 0.6 is 7.82 Å². The van der Waals surface area contributed by atoms with Gasteiger partial charge in [-0.3, -0.25) is 9.36 Å². The Balaban J connectivity index is 4.41. The van der Waals surface area contributed by atoms with Crippen LogP contribution < -0.4 is 10.2 Å². The van der Waals surface area contributed by atoms with E-state index < -0.39 is 26.6 Å². The molecule has 0 aromatic carbocycles. The number of carbonyl (C=O) groups excluding carboxylic acids is 1. The van der Waals surface area contributed by atoms with Gasteiger partial charge < -0.3 is 28.8 Å². The first-order valence-electron chi connectivity index (χ1n) is 27.9. The fourth-order valence-electron chi connectivity index (χ4n) is 7.28. The summed E-state index contributed by atoms with van der Waals surface area (Å²) < 4.78 is 23.3. The van der Waals surface area contributed by atoms with Crippen LogP contribution in [0.3, 0.4) is 0 Å². The molecule has 0 bridgehead atoms. The van der Waals surface area contributed by atoms with Gasteiger partial charge in [0.25, 0.3) is 7.82 Å². The van der Waals surface area contributed by atoms with Crippen LogP contribution in [-0.2, 0) is 18.4 Å². The maximum atomic E-state index is 12.9. The molecule has 400 valence electrons. The van der Waals surface area contributed by atoms with Gasteiger partial charge in [0, 0.05) is 6.42 Å². The number of carbonyl (C=O) groups is 1. The highest BCUT2D eigenvalue weighted by Gasteiger charge is 2.23. The SMILES string of the molecule is CC/C=C\C/C=C\C/C=C\C/C=C\C/C=C\C/C=C\C/C=C\CCCCCCCC(=O)NC(COP(=O)([O-])OCC[N+](C)(C)C)C(O)/C=C/CC/C=C/CC/C=C/CCCCCCCCCCCCC. The maximum Gasteiger partial charge on any atom is 0.268 e. The summed E-state index contributed by atoms with van der Waals surface area (Å²) in [4.78, 5) is 25.5. The molecular formula is C61H105N2O6P. The summed E-state index contributed by atoms with van der Waals surface area (Å²) in [6.07, 6.45) is 75.5. The van der Waals surface area contributed by atoms with Gasteiger partial charge >= 0.3 is 0 Å². The first-order valence-corrected chi connectivity index (χ1v) is 29.4. The Morgan fingerprint density at radius 1 is 0.514 bits per heavy atom. The van der Waals surface area contributed by atoms with Crippen molar-refractivity contribution < 1.29 is 32.9 Å². The fraction of sp³-hybridized carbons (Fsp3) is 0.656. The highest BCUT2D eigenvalue weighted by Crippen LogP contribution is 2.38. The molecule has 0 aliphatic carbocycles. The first-order chi connectivity index (χ1) is 34.0. The molecule has 0 aliphatic rings. The minimum atomic E-state index is -4.62. The van der Waals surface area contributed by atoms with Gasteiger partial charge in [0.1, 0.15) is 13.2 Å². The van der Waals surface area contributed by atoms with Crippen molar-refractivity contribution in [2.45, 2.75) is 219 Å². The summed E-state index contributed by atoms with van der Waals surface area (Å²) in [6, 6.07) is -0.930. The van der Waals surface area contributed by atoms with E-state index >= 15 is 0 Å². The van der Waals surface area contributed by atoms with E-state index in [0.29, 0.717) is 17.4 Å². The number of nitrogens with zero attached hydrogens (tertiary/aromatic N) is 1. The molecule has 2 N–H and O–H groups in total. The number of unbranched alkanes of at least 4 members (excludes halogenated alkanes) is 18. The lowest BCUT2D eigenvalue weighted by atomic mass is 10.1. The number of hydrogen-bond acceptors (Lipinski definition) is 6. The van der Waals surface area contributed by atoms with E-state index in [9.17, 15) is 19.4 Å². The van der Waals surface area contributed by atoms with Crippen LogP contribution in [-0.4, -0.2) is 68.5 Å². The molecule has 0 spiro atoms. The Hall–Kier alpha value is -3.10. The molecule has 0 radical (unpaired) electrons. The van der Waals surface area contributed by atoms with Crippen LogP contribution in [0.4, 0.5) is 0 Å². The van der Waals surface area contributed by atoms with E-state index in [1.165, 1.54) is 77.0 Å². The van der Waals surface area contributed by atoms with E-state index in [-0.39, 0.29) is 12.5 Å². The number of aliphatic hydroxyl groups is 1. The summed E-state index contributed by atoms with van der Waals surface area (Å²) in [7, 11) is 1.20. The number of phosphoric ester groups is 1. The minimum absolute atomic E-state index is 0.0202. The standard InChI is InChI=1S/C61H105N2O6P/c1-6-8-10-12-14-16-18-20-22-24-26-28-29-30-31-32-33-35-37-39-41-43-45-47-49-51-53-55-61(65)62-59(58-69-70(66,67)68-57-56-63(3,4)5)60(64)54-52-50-48-46-44-42-40-38-36-34-27-25-23-21-19-17-15-13-11-9-7-2/h8,10,14,16,20,22,26,28,30-31,33,35-36,38-39,41,44,46,52,54,59-60,64H,6-7,9,11-13,15,17-19,21,23-25,27,29,32,34,37,40,42-43,45,47-51,53,55-58H2,1-5H3,(H-,62,65,66,67)/b10-8-,16-14-,22-20-,28-26-,31-30-,35-33-,38-36+,41-39-,46-44+,54-52+. The molecule has 70 heavy (non-hydrogen) atoms. The van der Waals surface area contributed by atoms with Crippen molar-refractivity contribution in [2.75, 3.05) is 40.9 Å². The Bertz CT molecular complexity index is 1550. The number of likely N-dealkylation sites (N-methyl/N-ethyl adjacent to an activating group) is 1. The molecule has 0 fully saturated rings. The number of amides is 1. The monoisotopic (exact) mass is 993 g/mol. The molecule has 3 unspecified atom stereocenters. The van der Waals surface area contributed by atoms with Gasteiger partial charge in [-0.15, -0.1) is 0 Å². The van der Waals surface area contributed by atoms with Crippen LogP contribution in [0.5, 0.6) is 0 Å². The number of phosphoric acid groups is 1. The summed E-state index contributed by atoms with van der Waals surface area (Å²) in [6.45, 7) is 4.48. The Morgan fingerprint density at radius 3 is 1.33 bits per heavy atom. The molecule has 0 saturated carbocycles. The molecular weight excluding hydrogens is 888 g/mol. The molecule has 0 rings (SSSR count). The molecule has 0 aromatic heterocycles. The van der Waals surface area contributed by atoms with E-state index in [4.69, 9.17) is 9.05 Å². The van der Waals surface area contributed by atoms with Gasteiger partial charge in [0.05, 0.1) is 39.9 Å². The van der Waals surface area contributed by atoms with Gasteiger partial charge in [-0.1, -0.05) is 219 Å².